The molecule has 2 heterocycles. The van der Waals surface area contributed by atoms with Gasteiger partial charge in [0.2, 0.25) is 0 Å². The van der Waals surface area contributed by atoms with Crippen LogP contribution in [-0.2, 0) is 0 Å². The van der Waals surface area contributed by atoms with E-state index in [1.807, 2.05) is 12.1 Å². The lowest BCUT2D eigenvalue weighted by molar-refractivity contribution is 0.187. The number of nitrogens with zero attached hydrogens (tertiary/aromatic N) is 1. The average Bonchev–Trinajstić information content (AvgIpc) is 2.63. The van der Waals surface area contributed by atoms with Crippen molar-refractivity contribution in [1.82, 2.24) is 10.3 Å². The fraction of sp³-hybridized carbons (Fsp3) is 0.500. The standard InChI is InChI=1S/C10H14N2O2.2ClH/c13-9-4-8(12-5-9)7-14-10-2-1-3-11-6-10;;/h1-3,6,8-9,12-13H,4-5,7H2;2*1H/t8-,9+;;/m0../s1. The van der Waals surface area contributed by atoms with E-state index in [-0.39, 0.29) is 37.0 Å². The number of nitrogens with one attached hydrogen (secondary N) is 1. The summed E-state index contributed by atoms with van der Waals surface area (Å²) in [6.45, 7) is 1.25. The third-order valence-electron chi connectivity index (χ3n) is 2.28. The highest BCUT2D eigenvalue weighted by Gasteiger charge is 2.22. The monoisotopic (exact) mass is 266 g/mol. The van der Waals surface area contributed by atoms with Crippen molar-refractivity contribution in [3.63, 3.8) is 0 Å². The van der Waals surface area contributed by atoms with Gasteiger partial charge in [-0.25, -0.2) is 0 Å². The second-order valence-electron chi connectivity index (χ2n) is 3.49. The number of rotatable bonds is 3. The normalized spacial score (nSPS) is 23.1. The minimum Gasteiger partial charge on any atom is -0.490 e. The van der Waals surface area contributed by atoms with Crippen molar-refractivity contribution in [3.05, 3.63) is 24.5 Å². The van der Waals surface area contributed by atoms with Gasteiger partial charge in [-0.2, -0.15) is 0 Å². The number of halogens is 2. The predicted octanol–water partition coefficient (Wildman–Crippen LogP) is 1.03. The zero-order chi connectivity index (χ0) is 9.80. The molecular weight excluding hydrogens is 251 g/mol. The Morgan fingerprint density at radius 2 is 2.31 bits per heavy atom. The maximum absolute atomic E-state index is 9.27. The van der Waals surface area contributed by atoms with Crippen LogP contribution in [0.4, 0.5) is 0 Å². The third kappa shape index (κ3) is 4.53. The van der Waals surface area contributed by atoms with E-state index in [0.717, 1.165) is 12.2 Å². The first-order valence-corrected chi connectivity index (χ1v) is 4.79. The Bertz CT molecular complexity index is 287. The van der Waals surface area contributed by atoms with Crippen LogP contribution in [0.25, 0.3) is 0 Å². The lowest BCUT2D eigenvalue weighted by Gasteiger charge is -2.11. The number of β-amino-alcohol motifs (C(OH)–C–C–N with tert-alkyl or cyclic N) is 1. The van der Waals surface area contributed by atoms with Gasteiger partial charge in [-0.15, -0.1) is 24.8 Å². The number of hydrogen-bond acceptors (Lipinski definition) is 4. The Morgan fingerprint density at radius 3 is 2.88 bits per heavy atom. The van der Waals surface area contributed by atoms with Gasteiger partial charge in [-0.1, -0.05) is 0 Å². The number of ether oxygens (including phenoxy) is 1. The molecule has 0 aromatic carbocycles. The van der Waals surface area contributed by atoms with Crippen LogP contribution in [0.1, 0.15) is 6.42 Å². The second kappa shape index (κ2) is 7.68. The van der Waals surface area contributed by atoms with E-state index in [4.69, 9.17) is 4.74 Å². The lowest BCUT2D eigenvalue weighted by Crippen LogP contribution is -2.28. The molecule has 2 atom stereocenters. The molecule has 6 heteroatoms. The van der Waals surface area contributed by atoms with Crippen molar-refractivity contribution in [2.75, 3.05) is 13.2 Å². The first-order valence-electron chi connectivity index (χ1n) is 4.79. The second-order valence-corrected chi connectivity index (χ2v) is 3.49. The highest BCUT2D eigenvalue weighted by Crippen LogP contribution is 2.10. The summed E-state index contributed by atoms with van der Waals surface area (Å²) in [5, 5.41) is 12.4. The molecule has 1 aromatic heterocycles. The Balaban J connectivity index is 0.00000112. The van der Waals surface area contributed by atoms with E-state index in [9.17, 15) is 5.11 Å². The number of hydrogen-bond donors (Lipinski definition) is 2. The zero-order valence-corrected chi connectivity index (χ0v) is 10.3. The summed E-state index contributed by atoms with van der Waals surface area (Å²) in [7, 11) is 0. The molecule has 1 saturated heterocycles. The molecule has 0 amide bonds. The molecule has 0 spiro atoms. The molecule has 16 heavy (non-hydrogen) atoms. The van der Waals surface area contributed by atoms with Gasteiger partial charge in [0, 0.05) is 18.8 Å². The van der Waals surface area contributed by atoms with E-state index in [0.29, 0.717) is 13.2 Å². The maximum Gasteiger partial charge on any atom is 0.137 e. The highest BCUT2D eigenvalue weighted by atomic mass is 35.5. The first-order chi connectivity index (χ1) is 6.84. The average molecular weight is 267 g/mol. The summed E-state index contributed by atoms with van der Waals surface area (Å²) in [6, 6.07) is 3.97. The highest BCUT2D eigenvalue weighted by molar-refractivity contribution is 5.85. The molecule has 1 aliphatic heterocycles. The number of aliphatic hydroxyl groups is 1. The largest absolute Gasteiger partial charge is 0.490 e. The van der Waals surface area contributed by atoms with E-state index in [1.165, 1.54) is 0 Å². The Kier molecular flexibility index (Phi) is 7.42. The molecule has 1 aromatic rings. The summed E-state index contributed by atoms with van der Waals surface area (Å²) in [4.78, 5) is 3.95. The quantitative estimate of drug-likeness (QED) is 0.858. The summed E-state index contributed by atoms with van der Waals surface area (Å²) in [5.74, 6) is 0.774. The van der Waals surface area contributed by atoms with Gasteiger partial charge in [0.15, 0.2) is 0 Å². The minimum atomic E-state index is -0.225. The summed E-state index contributed by atoms with van der Waals surface area (Å²) >= 11 is 0. The third-order valence-corrected chi connectivity index (χ3v) is 2.28. The fourth-order valence-electron chi connectivity index (χ4n) is 1.55. The predicted molar refractivity (Wildman–Crippen MR) is 66.6 cm³/mol. The van der Waals surface area contributed by atoms with Gasteiger partial charge < -0.3 is 15.2 Å². The van der Waals surface area contributed by atoms with Crippen LogP contribution in [0.5, 0.6) is 5.75 Å². The van der Waals surface area contributed by atoms with Crippen molar-refractivity contribution in [2.45, 2.75) is 18.6 Å². The molecule has 1 fully saturated rings. The molecule has 2 N–H and O–H groups in total. The molecule has 0 aliphatic carbocycles. The van der Waals surface area contributed by atoms with Crippen molar-refractivity contribution in [2.24, 2.45) is 0 Å². The van der Waals surface area contributed by atoms with E-state index in [1.54, 1.807) is 12.4 Å². The van der Waals surface area contributed by atoms with Crippen LogP contribution < -0.4 is 10.1 Å². The van der Waals surface area contributed by atoms with Crippen molar-refractivity contribution < 1.29 is 9.84 Å². The van der Waals surface area contributed by atoms with Gasteiger partial charge in [0.05, 0.1) is 12.3 Å². The van der Waals surface area contributed by atoms with Crippen LogP contribution in [0, 0.1) is 0 Å². The molecule has 0 bridgehead atoms. The lowest BCUT2D eigenvalue weighted by atomic mass is 10.2. The SMILES string of the molecule is Cl.Cl.O[C@H]1CN[C@H](COc2cccnc2)C1. The molecule has 0 radical (unpaired) electrons. The molecule has 1 aliphatic rings. The van der Waals surface area contributed by atoms with Crippen LogP contribution in [0.3, 0.4) is 0 Å². The van der Waals surface area contributed by atoms with Gasteiger partial charge in [-0.05, 0) is 18.6 Å². The maximum atomic E-state index is 9.27. The van der Waals surface area contributed by atoms with Gasteiger partial charge in [0.25, 0.3) is 0 Å². The number of aromatic nitrogens is 1. The summed E-state index contributed by atoms with van der Waals surface area (Å²) < 4.78 is 5.50. The zero-order valence-electron chi connectivity index (χ0n) is 8.70. The Hall–Kier alpha value is -0.550. The van der Waals surface area contributed by atoms with Gasteiger partial charge in [-0.3, -0.25) is 4.98 Å². The topological polar surface area (TPSA) is 54.4 Å². The Labute approximate surface area is 107 Å². The smallest absolute Gasteiger partial charge is 0.137 e. The minimum absolute atomic E-state index is 0. The van der Waals surface area contributed by atoms with Crippen LogP contribution in [0.15, 0.2) is 24.5 Å². The van der Waals surface area contributed by atoms with Crippen molar-refractivity contribution in [1.29, 1.82) is 0 Å². The van der Waals surface area contributed by atoms with Crippen molar-refractivity contribution in [3.8, 4) is 5.75 Å². The summed E-state index contributed by atoms with van der Waals surface area (Å²) in [6.07, 6.45) is 3.94. The molecule has 4 nitrogen and oxygen atoms in total. The van der Waals surface area contributed by atoms with E-state index >= 15 is 0 Å². The molecular formula is C10H16Cl2N2O2. The first kappa shape index (κ1) is 15.4. The van der Waals surface area contributed by atoms with Crippen molar-refractivity contribution >= 4 is 24.8 Å². The van der Waals surface area contributed by atoms with Crippen LogP contribution >= 0.6 is 24.8 Å². The molecule has 2 rings (SSSR count). The number of aliphatic hydroxyl groups excluding tert-OH is 1. The van der Waals surface area contributed by atoms with Crippen LogP contribution in [-0.4, -0.2) is 35.4 Å². The Morgan fingerprint density at radius 1 is 1.50 bits per heavy atom. The number of pyridine rings is 1. The summed E-state index contributed by atoms with van der Waals surface area (Å²) in [5.41, 5.74) is 0. The van der Waals surface area contributed by atoms with Crippen LogP contribution in [0.2, 0.25) is 0 Å². The van der Waals surface area contributed by atoms with Gasteiger partial charge in [0.1, 0.15) is 12.4 Å². The van der Waals surface area contributed by atoms with E-state index in [2.05, 4.69) is 10.3 Å². The van der Waals surface area contributed by atoms with E-state index < -0.39 is 0 Å². The fourth-order valence-corrected chi connectivity index (χ4v) is 1.55. The molecule has 0 saturated carbocycles. The molecule has 92 valence electrons. The molecule has 0 unspecified atom stereocenters. The van der Waals surface area contributed by atoms with Gasteiger partial charge >= 0.3 is 0 Å².